The maximum atomic E-state index is 6.74. The Morgan fingerprint density at radius 1 is 1.05 bits per heavy atom. The normalized spacial score (nSPS) is 19.3. The van der Waals surface area contributed by atoms with Crippen molar-refractivity contribution in [1.82, 2.24) is 0 Å². The molecule has 1 atom stereocenters. The molecule has 2 rings (SSSR count). The molecule has 20 heavy (non-hydrogen) atoms. The SMILES string of the molecule is COCCc1ccc(C(Cl)C2CCCCCCC2)cc1. The van der Waals surface area contributed by atoms with Crippen molar-refractivity contribution in [3.8, 4) is 0 Å². The molecule has 0 bridgehead atoms. The Morgan fingerprint density at radius 3 is 2.25 bits per heavy atom. The van der Waals surface area contributed by atoms with E-state index in [9.17, 15) is 0 Å². The zero-order chi connectivity index (χ0) is 14.2. The molecule has 1 unspecified atom stereocenters. The van der Waals surface area contributed by atoms with Crippen LogP contribution in [0.25, 0.3) is 0 Å². The van der Waals surface area contributed by atoms with Gasteiger partial charge >= 0.3 is 0 Å². The quantitative estimate of drug-likeness (QED) is 0.650. The predicted octanol–water partition coefficient (Wildman–Crippen LogP) is 5.52. The average molecular weight is 295 g/mol. The minimum atomic E-state index is 0.185. The van der Waals surface area contributed by atoms with Crippen molar-refractivity contribution >= 4 is 11.6 Å². The number of alkyl halides is 1. The van der Waals surface area contributed by atoms with E-state index in [1.54, 1.807) is 7.11 Å². The van der Waals surface area contributed by atoms with Crippen LogP contribution in [0, 0.1) is 5.92 Å². The average Bonchev–Trinajstić information content (AvgIpc) is 2.45. The van der Waals surface area contributed by atoms with Crippen molar-refractivity contribution < 1.29 is 4.74 Å². The van der Waals surface area contributed by atoms with Gasteiger partial charge in [0.25, 0.3) is 0 Å². The van der Waals surface area contributed by atoms with Crippen molar-refractivity contribution in [2.24, 2.45) is 5.92 Å². The molecule has 1 aliphatic rings. The van der Waals surface area contributed by atoms with Crippen LogP contribution in [0.15, 0.2) is 24.3 Å². The van der Waals surface area contributed by atoms with E-state index in [-0.39, 0.29) is 5.38 Å². The first-order chi connectivity index (χ1) is 9.81. The van der Waals surface area contributed by atoms with Crippen molar-refractivity contribution in [2.75, 3.05) is 13.7 Å². The molecule has 1 nitrogen and oxygen atoms in total. The van der Waals surface area contributed by atoms with E-state index in [0.29, 0.717) is 5.92 Å². The minimum Gasteiger partial charge on any atom is -0.384 e. The maximum absolute atomic E-state index is 6.74. The topological polar surface area (TPSA) is 9.23 Å². The van der Waals surface area contributed by atoms with Gasteiger partial charge in [0.15, 0.2) is 0 Å². The van der Waals surface area contributed by atoms with Crippen LogP contribution in [0.2, 0.25) is 0 Å². The lowest BCUT2D eigenvalue weighted by Gasteiger charge is -2.24. The number of hydrogen-bond acceptors (Lipinski definition) is 1. The monoisotopic (exact) mass is 294 g/mol. The Hall–Kier alpha value is -0.530. The van der Waals surface area contributed by atoms with Gasteiger partial charge in [-0.15, -0.1) is 11.6 Å². The lowest BCUT2D eigenvalue weighted by atomic mass is 9.86. The Balaban J connectivity index is 1.94. The van der Waals surface area contributed by atoms with E-state index in [2.05, 4.69) is 24.3 Å². The Labute approximate surface area is 128 Å². The fourth-order valence-electron chi connectivity index (χ4n) is 3.14. The molecule has 0 saturated heterocycles. The number of methoxy groups -OCH3 is 1. The van der Waals surface area contributed by atoms with Gasteiger partial charge in [-0.25, -0.2) is 0 Å². The van der Waals surface area contributed by atoms with E-state index in [1.807, 2.05) is 0 Å². The first kappa shape index (κ1) is 15.9. The molecule has 1 fully saturated rings. The first-order valence-electron chi connectivity index (χ1n) is 8.03. The second kappa shape index (κ2) is 8.69. The summed E-state index contributed by atoms with van der Waals surface area (Å²) < 4.78 is 5.12. The van der Waals surface area contributed by atoms with Gasteiger partial charge in [-0.05, 0) is 36.3 Å². The predicted molar refractivity (Wildman–Crippen MR) is 86.4 cm³/mol. The smallest absolute Gasteiger partial charge is 0.0613 e. The zero-order valence-electron chi connectivity index (χ0n) is 12.6. The second-order valence-corrected chi connectivity index (χ2v) is 6.46. The standard InChI is InChI=1S/C18H27ClO/c1-20-14-13-15-9-11-17(12-10-15)18(19)16-7-5-3-2-4-6-8-16/h9-12,16,18H,2-8,13-14H2,1H3. The summed E-state index contributed by atoms with van der Waals surface area (Å²) in [5.74, 6) is 0.654. The van der Waals surface area contributed by atoms with Crippen molar-refractivity contribution in [3.05, 3.63) is 35.4 Å². The van der Waals surface area contributed by atoms with E-state index in [0.717, 1.165) is 13.0 Å². The van der Waals surface area contributed by atoms with Gasteiger partial charge in [-0.1, -0.05) is 56.4 Å². The molecule has 1 aromatic rings. The molecule has 0 heterocycles. The summed E-state index contributed by atoms with van der Waals surface area (Å²) in [5.41, 5.74) is 2.62. The highest BCUT2D eigenvalue weighted by molar-refractivity contribution is 6.21. The molecular formula is C18H27ClO. The van der Waals surface area contributed by atoms with Crippen LogP contribution in [-0.2, 0) is 11.2 Å². The summed E-state index contributed by atoms with van der Waals surface area (Å²) in [5, 5.41) is 0.185. The van der Waals surface area contributed by atoms with Crippen molar-refractivity contribution in [3.63, 3.8) is 0 Å². The summed E-state index contributed by atoms with van der Waals surface area (Å²) in [6.07, 6.45) is 10.4. The first-order valence-corrected chi connectivity index (χ1v) is 8.47. The molecule has 0 aliphatic heterocycles. The van der Waals surface area contributed by atoms with Crippen molar-refractivity contribution in [2.45, 2.75) is 56.7 Å². The molecule has 1 aromatic carbocycles. The Bertz CT molecular complexity index is 366. The van der Waals surface area contributed by atoms with Crippen LogP contribution >= 0.6 is 11.6 Å². The van der Waals surface area contributed by atoms with Gasteiger partial charge in [-0.3, -0.25) is 0 Å². The Kier molecular flexibility index (Phi) is 6.89. The highest BCUT2D eigenvalue weighted by Crippen LogP contribution is 2.37. The Morgan fingerprint density at radius 2 is 1.65 bits per heavy atom. The zero-order valence-corrected chi connectivity index (χ0v) is 13.4. The number of rotatable bonds is 5. The molecular weight excluding hydrogens is 268 g/mol. The summed E-state index contributed by atoms with van der Waals surface area (Å²) in [7, 11) is 1.75. The number of benzene rings is 1. The molecule has 112 valence electrons. The highest BCUT2D eigenvalue weighted by Gasteiger charge is 2.21. The molecule has 0 N–H and O–H groups in total. The molecule has 0 aromatic heterocycles. The van der Waals surface area contributed by atoms with Crippen LogP contribution in [-0.4, -0.2) is 13.7 Å². The van der Waals surface area contributed by atoms with Crippen LogP contribution in [0.3, 0.4) is 0 Å². The van der Waals surface area contributed by atoms with Crippen LogP contribution in [0.5, 0.6) is 0 Å². The van der Waals surface area contributed by atoms with Gasteiger partial charge < -0.3 is 4.74 Å². The summed E-state index contributed by atoms with van der Waals surface area (Å²) >= 11 is 6.74. The molecule has 1 saturated carbocycles. The van der Waals surface area contributed by atoms with E-state index in [4.69, 9.17) is 16.3 Å². The molecule has 2 heteroatoms. The highest BCUT2D eigenvalue weighted by atomic mass is 35.5. The van der Waals surface area contributed by atoms with Gasteiger partial charge in [0.05, 0.1) is 12.0 Å². The largest absolute Gasteiger partial charge is 0.384 e. The fourth-order valence-corrected chi connectivity index (χ4v) is 3.54. The van der Waals surface area contributed by atoms with E-state index >= 15 is 0 Å². The number of hydrogen-bond donors (Lipinski definition) is 0. The number of ether oxygens (including phenoxy) is 1. The van der Waals surface area contributed by atoms with E-state index < -0.39 is 0 Å². The summed E-state index contributed by atoms with van der Waals surface area (Å²) in [6.45, 7) is 0.784. The van der Waals surface area contributed by atoms with Crippen molar-refractivity contribution in [1.29, 1.82) is 0 Å². The lowest BCUT2D eigenvalue weighted by Crippen LogP contribution is -2.10. The van der Waals surface area contributed by atoms with E-state index in [1.165, 1.54) is 56.1 Å². The van der Waals surface area contributed by atoms with Gasteiger partial charge in [0.1, 0.15) is 0 Å². The molecule has 1 aliphatic carbocycles. The third-order valence-corrected chi connectivity index (χ3v) is 5.07. The minimum absolute atomic E-state index is 0.185. The fraction of sp³-hybridized carbons (Fsp3) is 0.667. The van der Waals surface area contributed by atoms with Gasteiger partial charge in [-0.2, -0.15) is 0 Å². The maximum Gasteiger partial charge on any atom is 0.0613 e. The summed E-state index contributed by atoms with van der Waals surface area (Å²) in [4.78, 5) is 0. The molecule has 0 amide bonds. The number of halogens is 1. The third-order valence-electron chi connectivity index (χ3n) is 4.46. The second-order valence-electron chi connectivity index (χ2n) is 5.99. The lowest BCUT2D eigenvalue weighted by molar-refractivity contribution is 0.202. The summed E-state index contributed by atoms with van der Waals surface area (Å²) in [6, 6.07) is 8.82. The molecule has 0 spiro atoms. The van der Waals surface area contributed by atoms with Gasteiger partial charge in [0, 0.05) is 7.11 Å². The molecule has 0 radical (unpaired) electrons. The van der Waals surface area contributed by atoms with Crippen LogP contribution in [0.4, 0.5) is 0 Å². The van der Waals surface area contributed by atoms with Gasteiger partial charge in [0.2, 0.25) is 0 Å². The third kappa shape index (κ3) is 4.79. The van der Waals surface area contributed by atoms with Crippen LogP contribution in [0.1, 0.15) is 61.4 Å². The van der Waals surface area contributed by atoms with Crippen LogP contribution < -0.4 is 0 Å².